The van der Waals surface area contributed by atoms with Crippen LogP contribution in [0.2, 0.25) is 0 Å². The molecule has 4 heteroatoms. The fraction of sp³-hybridized carbons (Fsp3) is 0.500. The first kappa shape index (κ1) is 21.0. The van der Waals surface area contributed by atoms with Gasteiger partial charge >= 0.3 is 0 Å². The summed E-state index contributed by atoms with van der Waals surface area (Å²) in [7, 11) is 0. The molecule has 1 unspecified atom stereocenters. The molecule has 0 spiro atoms. The van der Waals surface area contributed by atoms with Crippen molar-refractivity contribution in [2.75, 3.05) is 26.3 Å². The van der Waals surface area contributed by atoms with Crippen molar-refractivity contribution in [1.29, 1.82) is 0 Å². The lowest BCUT2D eigenvalue weighted by Crippen LogP contribution is -2.40. The normalized spacial score (nSPS) is 27.6. The van der Waals surface area contributed by atoms with Gasteiger partial charge in [0.2, 0.25) is 0 Å². The third-order valence-electron chi connectivity index (χ3n) is 5.23. The van der Waals surface area contributed by atoms with Crippen LogP contribution in [-0.4, -0.2) is 38.4 Å². The average molecular weight is 383 g/mol. The fourth-order valence-electron chi connectivity index (χ4n) is 3.54. The van der Waals surface area contributed by atoms with Crippen LogP contribution in [0, 0.1) is 13.8 Å². The molecule has 0 aromatic heterocycles. The smallest absolute Gasteiger partial charge is 0.0950 e. The SMILES string of the molecule is Cc1cccc(C2CN[C@H](C)CO2)c1.Cc1cccc([C@@H]2CN[C@H](C)CO2)c1. The Hall–Kier alpha value is -1.72. The van der Waals surface area contributed by atoms with Crippen molar-refractivity contribution in [3.05, 3.63) is 70.8 Å². The van der Waals surface area contributed by atoms with Crippen LogP contribution < -0.4 is 10.6 Å². The zero-order chi connectivity index (χ0) is 19.9. The van der Waals surface area contributed by atoms with E-state index in [-0.39, 0.29) is 12.2 Å². The Labute approximate surface area is 169 Å². The molecule has 0 saturated carbocycles. The van der Waals surface area contributed by atoms with Gasteiger partial charge in [-0.15, -0.1) is 0 Å². The fourth-order valence-corrected chi connectivity index (χ4v) is 3.54. The van der Waals surface area contributed by atoms with Crippen molar-refractivity contribution in [3.8, 4) is 0 Å². The second-order valence-electron chi connectivity index (χ2n) is 8.09. The highest BCUT2D eigenvalue weighted by molar-refractivity contribution is 5.25. The molecule has 2 aromatic carbocycles. The molecule has 2 N–H and O–H groups in total. The molecule has 2 heterocycles. The maximum Gasteiger partial charge on any atom is 0.0950 e. The van der Waals surface area contributed by atoms with Crippen LogP contribution in [0.3, 0.4) is 0 Å². The van der Waals surface area contributed by atoms with Crippen molar-refractivity contribution >= 4 is 0 Å². The van der Waals surface area contributed by atoms with Gasteiger partial charge in [-0.05, 0) is 38.8 Å². The number of hydrogen-bond acceptors (Lipinski definition) is 4. The Bertz CT molecular complexity index is 669. The van der Waals surface area contributed by atoms with Gasteiger partial charge < -0.3 is 20.1 Å². The van der Waals surface area contributed by atoms with Crippen LogP contribution in [0.4, 0.5) is 0 Å². The third-order valence-corrected chi connectivity index (χ3v) is 5.23. The molecule has 0 bridgehead atoms. The first-order valence-corrected chi connectivity index (χ1v) is 10.3. The summed E-state index contributed by atoms with van der Waals surface area (Å²) in [5.74, 6) is 0. The maximum atomic E-state index is 5.77. The van der Waals surface area contributed by atoms with Gasteiger partial charge in [0.05, 0.1) is 25.4 Å². The molecule has 2 aliphatic rings. The summed E-state index contributed by atoms with van der Waals surface area (Å²) < 4.78 is 11.5. The predicted molar refractivity (Wildman–Crippen MR) is 115 cm³/mol. The van der Waals surface area contributed by atoms with Crippen molar-refractivity contribution in [2.24, 2.45) is 0 Å². The van der Waals surface area contributed by atoms with E-state index < -0.39 is 0 Å². The molecule has 2 saturated heterocycles. The van der Waals surface area contributed by atoms with Crippen LogP contribution in [-0.2, 0) is 9.47 Å². The van der Waals surface area contributed by atoms with Crippen molar-refractivity contribution in [2.45, 2.75) is 52.0 Å². The summed E-state index contributed by atoms with van der Waals surface area (Å²) in [6.45, 7) is 12.0. The number of nitrogens with one attached hydrogen (secondary N) is 2. The van der Waals surface area contributed by atoms with Gasteiger partial charge in [-0.3, -0.25) is 0 Å². The predicted octanol–water partition coefficient (Wildman–Crippen LogP) is 4.09. The van der Waals surface area contributed by atoms with Crippen molar-refractivity contribution in [1.82, 2.24) is 10.6 Å². The first-order chi connectivity index (χ1) is 13.5. The lowest BCUT2D eigenvalue weighted by atomic mass is 10.1. The molecule has 0 aliphatic carbocycles. The Morgan fingerprint density at radius 2 is 1.14 bits per heavy atom. The van der Waals surface area contributed by atoms with Crippen LogP contribution in [0.25, 0.3) is 0 Å². The van der Waals surface area contributed by atoms with Gasteiger partial charge in [0.25, 0.3) is 0 Å². The minimum absolute atomic E-state index is 0.228. The summed E-state index contributed by atoms with van der Waals surface area (Å²) in [4.78, 5) is 0. The topological polar surface area (TPSA) is 42.5 Å². The van der Waals surface area contributed by atoms with Crippen molar-refractivity contribution in [3.63, 3.8) is 0 Å². The maximum absolute atomic E-state index is 5.77. The third kappa shape index (κ3) is 6.14. The molecular formula is C24H34N2O2. The molecule has 2 fully saturated rings. The number of hydrogen-bond donors (Lipinski definition) is 2. The van der Waals surface area contributed by atoms with E-state index in [0.29, 0.717) is 12.1 Å². The van der Waals surface area contributed by atoms with Crippen LogP contribution in [0.5, 0.6) is 0 Å². The minimum atomic E-state index is 0.228. The van der Waals surface area contributed by atoms with Gasteiger partial charge in [0.1, 0.15) is 0 Å². The molecule has 0 amide bonds. The van der Waals surface area contributed by atoms with Gasteiger partial charge in [-0.2, -0.15) is 0 Å². The molecule has 4 atom stereocenters. The molecule has 4 nitrogen and oxygen atoms in total. The van der Waals surface area contributed by atoms with Gasteiger partial charge in [0, 0.05) is 25.2 Å². The summed E-state index contributed by atoms with van der Waals surface area (Å²) in [6, 6.07) is 18.0. The van der Waals surface area contributed by atoms with E-state index >= 15 is 0 Å². The van der Waals surface area contributed by atoms with Gasteiger partial charge in [0.15, 0.2) is 0 Å². The average Bonchev–Trinajstić information content (AvgIpc) is 2.70. The largest absolute Gasteiger partial charge is 0.371 e. The summed E-state index contributed by atoms with van der Waals surface area (Å²) >= 11 is 0. The molecule has 2 aliphatic heterocycles. The van der Waals surface area contributed by atoms with E-state index in [1.54, 1.807) is 0 Å². The number of rotatable bonds is 2. The molecule has 2 aromatic rings. The minimum Gasteiger partial charge on any atom is -0.371 e. The molecule has 152 valence electrons. The monoisotopic (exact) mass is 382 g/mol. The Morgan fingerprint density at radius 3 is 1.46 bits per heavy atom. The highest BCUT2D eigenvalue weighted by Crippen LogP contribution is 2.21. The van der Waals surface area contributed by atoms with Crippen LogP contribution in [0.15, 0.2) is 48.5 Å². The van der Waals surface area contributed by atoms with E-state index in [4.69, 9.17) is 9.47 Å². The molecular weight excluding hydrogens is 348 g/mol. The summed E-state index contributed by atoms with van der Waals surface area (Å²) in [5, 5.41) is 6.85. The molecule has 4 rings (SSSR count). The van der Waals surface area contributed by atoms with E-state index in [0.717, 1.165) is 26.3 Å². The number of aryl methyl sites for hydroxylation is 2. The van der Waals surface area contributed by atoms with E-state index in [9.17, 15) is 0 Å². The second-order valence-corrected chi connectivity index (χ2v) is 8.09. The Balaban J connectivity index is 0.000000161. The summed E-state index contributed by atoms with van der Waals surface area (Å²) in [6.07, 6.45) is 0.456. The zero-order valence-electron chi connectivity index (χ0n) is 17.6. The highest BCUT2D eigenvalue weighted by Gasteiger charge is 2.20. The van der Waals surface area contributed by atoms with Gasteiger partial charge in [-0.1, -0.05) is 59.7 Å². The number of ether oxygens (including phenoxy) is 2. The number of morpholine rings is 2. The van der Waals surface area contributed by atoms with E-state index in [2.05, 4.69) is 86.9 Å². The second kappa shape index (κ2) is 10.2. The van der Waals surface area contributed by atoms with E-state index in [1.807, 2.05) is 0 Å². The standard InChI is InChI=1S/2C12H17NO/c2*1-9-4-3-5-11(6-9)12-7-13-10(2)8-14-12/h2*3-6,10,12-13H,7-8H2,1-2H3/t10-,12?;10-,12+/m11/s1. The lowest BCUT2D eigenvalue weighted by molar-refractivity contribution is 0.00689. The summed E-state index contributed by atoms with van der Waals surface area (Å²) in [5.41, 5.74) is 5.16. The Morgan fingerprint density at radius 1 is 0.714 bits per heavy atom. The van der Waals surface area contributed by atoms with E-state index in [1.165, 1.54) is 22.3 Å². The quantitative estimate of drug-likeness (QED) is 0.821. The molecule has 0 radical (unpaired) electrons. The Kier molecular flexibility index (Phi) is 7.63. The highest BCUT2D eigenvalue weighted by atomic mass is 16.5. The van der Waals surface area contributed by atoms with Crippen molar-refractivity contribution < 1.29 is 9.47 Å². The van der Waals surface area contributed by atoms with Gasteiger partial charge in [-0.25, -0.2) is 0 Å². The first-order valence-electron chi connectivity index (χ1n) is 10.3. The zero-order valence-corrected chi connectivity index (χ0v) is 17.6. The van der Waals surface area contributed by atoms with Crippen LogP contribution in [0.1, 0.15) is 48.3 Å². The lowest BCUT2D eigenvalue weighted by Gasteiger charge is -2.28. The molecule has 28 heavy (non-hydrogen) atoms. The van der Waals surface area contributed by atoms with Crippen LogP contribution >= 0.6 is 0 Å². The number of benzene rings is 2.